The lowest BCUT2D eigenvalue weighted by molar-refractivity contribution is -0.126. The number of rotatable bonds is 9. The summed E-state index contributed by atoms with van der Waals surface area (Å²) in [5, 5.41) is 9.28. The molecule has 0 bridgehead atoms. The van der Waals surface area contributed by atoms with Crippen LogP contribution >= 0.6 is 0 Å². The summed E-state index contributed by atoms with van der Waals surface area (Å²) in [6.45, 7) is 6.22. The van der Waals surface area contributed by atoms with Gasteiger partial charge in [-0.2, -0.15) is 0 Å². The molecule has 2 amide bonds. The van der Waals surface area contributed by atoms with Gasteiger partial charge in [-0.15, -0.1) is 0 Å². The highest BCUT2D eigenvalue weighted by Gasteiger charge is 2.22. The minimum atomic E-state index is -0.477. The van der Waals surface area contributed by atoms with E-state index in [9.17, 15) is 9.59 Å². The van der Waals surface area contributed by atoms with Gasteiger partial charge < -0.3 is 20.9 Å². The molecule has 2 saturated heterocycles. The lowest BCUT2D eigenvalue weighted by atomic mass is 10.0. The summed E-state index contributed by atoms with van der Waals surface area (Å²) in [4.78, 5) is 27.5. The van der Waals surface area contributed by atoms with Crippen molar-refractivity contribution in [2.75, 3.05) is 36.4 Å². The molecule has 3 rings (SSSR count). The topological polar surface area (TPSA) is 73.5 Å². The van der Waals surface area contributed by atoms with Crippen LogP contribution in [0.15, 0.2) is 24.3 Å². The zero-order valence-corrected chi connectivity index (χ0v) is 17.0. The van der Waals surface area contributed by atoms with Crippen molar-refractivity contribution in [2.45, 2.75) is 57.9 Å². The molecule has 6 nitrogen and oxygen atoms in total. The Morgan fingerprint density at radius 3 is 2.82 bits per heavy atom. The fourth-order valence-electron chi connectivity index (χ4n) is 4.11. The molecule has 28 heavy (non-hydrogen) atoms. The van der Waals surface area contributed by atoms with Crippen molar-refractivity contribution in [1.82, 2.24) is 10.6 Å². The van der Waals surface area contributed by atoms with Crippen molar-refractivity contribution in [3.63, 3.8) is 0 Å². The van der Waals surface area contributed by atoms with Crippen LogP contribution in [0.4, 0.5) is 11.4 Å². The van der Waals surface area contributed by atoms with E-state index in [-0.39, 0.29) is 11.8 Å². The highest BCUT2D eigenvalue weighted by molar-refractivity contribution is 5.97. The Morgan fingerprint density at radius 2 is 2.11 bits per heavy atom. The maximum atomic E-state index is 12.8. The van der Waals surface area contributed by atoms with E-state index in [1.54, 1.807) is 0 Å². The van der Waals surface area contributed by atoms with Gasteiger partial charge in [0.1, 0.15) is 6.04 Å². The molecule has 0 radical (unpaired) electrons. The van der Waals surface area contributed by atoms with Crippen LogP contribution in [0.1, 0.15) is 51.9 Å². The van der Waals surface area contributed by atoms with Crippen LogP contribution in [-0.2, 0) is 9.59 Å². The van der Waals surface area contributed by atoms with Crippen LogP contribution in [0.3, 0.4) is 0 Å². The first-order chi connectivity index (χ1) is 13.7. The molecule has 6 heteroatoms. The second-order valence-corrected chi connectivity index (χ2v) is 8.04. The number of nitrogens with zero attached hydrogens (tertiary/aromatic N) is 1. The van der Waals surface area contributed by atoms with Gasteiger partial charge in [0, 0.05) is 30.9 Å². The fourth-order valence-corrected chi connectivity index (χ4v) is 4.11. The standard InChI is InChI=1S/C22H34N4O2/c1-2-6-20(25-21(27)10-9-17-11-12-23-16-17)22(28)24-18-7-5-8-19(15-18)26-13-3-4-14-26/h5,7-8,15,17,20,23H,2-4,6,9-14,16H2,1H3,(H,24,28)(H,25,27). The van der Waals surface area contributed by atoms with Gasteiger partial charge in [0.25, 0.3) is 0 Å². The van der Waals surface area contributed by atoms with Gasteiger partial charge >= 0.3 is 0 Å². The molecular weight excluding hydrogens is 352 g/mol. The Bertz CT molecular complexity index is 652. The molecule has 0 saturated carbocycles. The van der Waals surface area contributed by atoms with Crippen molar-refractivity contribution in [3.8, 4) is 0 Å². The van der Waals surface area contributed by atoms with E-state index in [1.807, 2.05) is 25.1 Å². The predicted octanol–water partition coefficient (Wildman–Crippen LogP) is 2.90. The molecule has 0 spiro atoms. The average Bonchev–Trinajstić information content (AvgIpc) is 3.40. The van der Waals surface area contributed by atoms with Crippen LogP contribution in [-0.4, -0.2) is 44.0 Å². The van der Waals surface area contributed by atoms with Gasteiger partial charge in [-0.25, -0.2) is 0 Å². The normalized spacial score (nSPS) is 20.2. The van der Waals surface area contributed by atoms with E-state index in [4.69, 9.17) is 0 Å². The van der Waals surface area contributed by atoms with E-state index < -0.39 is 6.04 Å². The van der Waals surface area contributed by atoms with Crippen LogP contribution < -0.4 is 20.9 Å². The number of amides is 2. The SMILES string of the molecule is CCCC(NC(=O)CCC1CCNC1)C(=O)Nc1cccc(N2CCCC2)c1. The lowest BCUT2D eigenvalue weighted by Gasteiger charge is -2.20. The monoisotopic (exact) mass is 386 g/mol. The van der Waals surface area contributed by atoms with Crippen molar-refractivity contribution in [2.24, 2.45) is 5.92 Å². The minimum absolute atomic E-state index is 0.0219. The van der Waals surface area contributed by atoms with Crippen molar-refractivity contribution >= 4 is 23.2 Å². The van der Waals surface area contributed by atoms with E-state index in [1.165, 1.54) is 12.8 Å². The van der Waals surface area contributed by atoms with Crippen molar-refractivity contribution in [1.29, 1.82) is 0 Å². The number of anilines is 2. The number of hydrogen-bond acceptors (Lipinski definition) is 4. The molecule has 0 aromatic heterocycles. The Morgan fingerprint density at radius 1 is 1.29 bits per heavy atom. The Kier molecular flexibility index (Phi) is 7.71. The highest BCUT2D eigenvalue weighted by Crippen LogP contribution is 2.23. The highest BCUT2D eigenvalue weighted by atomic mass is 16.2. The third-order valence-corrected chi connectivity index (χ3v) is 5.76. The number of hydrogen-bond donors (Lipinski definition) is 3. The zero-order chi connectivity index (χ0) is 19.8. The summed E-state index contributed by atoms with van der Waals surface area (Å²) in [5.74, 6) is 0.431. The number of nitrogens with one attached hydrogen (secondary N) is 3. The van der Waals surface area contributed by atoms with Crippen LogP contribution in [0.2, 0.25) is 0 Å². The summed E-state index contributed by atoms with van der Waals surface area (Å²) in [7, 11) is 0. The number of benzene rings is 1. The van der Waals surface area contributed by atoms with Crippen molar-refractivity contribution < 1.29 is 9.59 Å². The smallest absolute Gasteiger partial charge is 0.246 e. The molecule has 154 valence electrons. The van der Waals surface area contributed by atoms with Crippen LogP contribution in [0, 0.1) is 5.92 Å². The maximum absolute atomic E-state index is 12.8. The Labute approximate surface area is 168 Å². The molecule has 2 heterocycles. The first kappa shape index (κ1) is 20.6. The van der Waals surface area contributed by atoms with E-state index in [0.29, 0.717) is 18.8 Å². The van der Waals surface area contributed by atoms with E-state index >= 15 is 0 Å². The quantitative estimate of drug-likeness (QED) is 0.610. The summed E-state index contributed by atoms with van der Waals surface area (Å²) in [6.07, 6.45) is 6.45. The Balaban J connectivity index is 1.53. The van der Waals surface area contributed by atoms with Crippen molar-refractivity contribution in [3.05, 3.63) is 24.3 Å². The summed E-state index contributed by atoms with van der Waals surface area (Å²) in [5.41, 5.74) is 1.94. The van der Waals surface area contributed by atoms with Gasteiger partial charge in [-0.3, -0.25) is 9.59 Å². The zero-order valence-electron chi connectivity index (χ0n) is 17.0. The van der Waals surface area contributed by atoms with Gasteiger partial charge in [-0.05, 0) is 69.3 Å². The molecule has 2 aliphatic rings. The first-order valence-electron chi connectivity index (χ1n) is 10.8. The van der Waals surface area contributed by atoms with Gasteiger partial charge in [0.2, 0.25) is 11.8 Å². The van der Waals surface area contributed by atoms with Gasteiger partial charge in [-0.1, -0.05) is 19.4 Å². The number of carbonyl (C=O) groups excluding carboxylic acids is 2. The first-order valence-corrected chi connectivity index (χ1v) is 10.8. The second-order valence-electron chi connectivity index (χ2n) is 8.04. The Hall–Kier alpha value is -2.08. The molecule has 1 aromatic rings. The molecule has 2 atom stereocenters. The predicted molar refractivity (Wildman–Crippen MR) is 114 cm³/mol. The number of carbonyl (C=O) groups is 2. The fraction of sp³-hybridized carbons (Fsp3) is 0.636. The summed E-state index contributed by atoms with van der Waals surface area (Å²) < 4.78 is 0. The largest absolute Gasteiger partial charge is 0.371 e. The van der Waals surface area contributed by atoms with Gasteiger partial charge in [0.05, 0.1) is 0 Å². The van der Waals surface area contributed by atoms with E-state index in [2.05, 4.69) is 26.9 Å². The maximum Gasteiger partial charge on any atom is 0.246 e. The van der Waals surface area contributed by atoms with E-state index in [0.717, 1.165) is 56.8 Å². The molecular formula is C22H34N4O2. The van der Waals surface area contributed by atoms with Crippen LogP contribution in [0.5, 0.6) is 0 Å². The third-order valence-electron chi connectivity index (χ3n) is 5.76. The van der Waals surface area contributed by atoms with Gasteiger partial charge in [0.15, 0.2) is 0 Å². The molecule has 2 fully saturated rings. The third kappa shape index (κ3) is 5.96. The molecule has 2 unspecified atom stereocenters. The summed E-state index contributed by atoms with van der Waals surface area (Å²) >= 11 is 0. The molecule has 3 N–H and O–H groups in total. The average molecular weight is 387 g/mol. The molecule has 0 aliphatic carbocycles. The lowest BCUT2D eigenvalue weighted by Crippen LogP contribution is -2.43. The minimum Gasteiger partial charge on any atom is -0.371 e. The van der Waals surface area contributed by atoms with Crippen LogP contribution in [0.25, 0.3) is 0 Å². The molecule has 2 aliphatic heterocycles. The second kappa shape index (κ2) is 10.5. The summed E-state index contributed by atoms with van der Waals surface area (Å²) in [6, 6.07) is 7.53. The molecule has 1 aromatic carbocycles.